The maximum absolute atomic E-state index is 14.3. The van der Waals surface area contributed by atoms with Crippen molar-refractivity contribution in [3.63, 3.8) is 0 Å². The van der Waals surface area contributed by atoms with Gasteiger partial charge in [-0.3, -0.25) is 14.3 Å². The molecule has 0 saturated heterocycles. The molecule has 2 heterocycles. The molecular weight excluding hydrogens is 484 g/mol. The summed E-state index contributed by atoms with van der Waals surface area (Å²) in [7, 11) is 2.75. The van der Waals surface area contributed by atoms with Crippen LogP contribution in [0.5, 0.6) is 5.75 Å². The van der Waals surface area contributed by atoms with Crippen LogP contribution in [0.2, 0.25) is 0 Å². The van der Waals surface area contributed by atoms with Gasteiger partial charge in [0.15, 0.2) is 11.5 Å². The summed E-state index contributed by atoms with van der Waals surface area (Å²) in [6, 6.07) is 8.92. The van der Waals surface area contributed by atoms with E-state index in [2.05, 4.69) is 10.5 Å². The quantitative estimate of drug-likeness (QED) is 0.392. The summed E-state index contributed by atoms with van der Waals surface area (Å²) in [5.74, 6) is -1.79. The van der Waals surface area contributed by atoms with Gasteiger partial charge >= 0.3 is 6.18 Å². The molecule has 12 heteroatoms. The van der Waals surface area contributed by atoms with Crippen molar-refractivity contribution in [2.75, 3.05) is 12.4 Å². The van der Waals surface area contributed by atoms with Crippen molar-refractivity contribution >= 4 is 11.6 Å². The van der Waals surface area contributed by atoms with Gasteiger partial charge in [-0.25, -0.2) is 9.07 Å². The van der Waals surface area contributed by atoms with Gasteiger partial charge in [0.25, 0.3) is 11.5 Å². The molecule has 36 heavy (non-hydrogen) atoms. The number of alkyl halides is 3. The van der Waals surface area contributed by atoms with Crippen LogP contribution in [0.4, 0.5) is 23.2 Å². The number of anilines is 1. The van der Waals surface area contributed by atoms with Gasteiger partial charge in [0.05, 0.1) is 18.4 Å². The Morgan fingerprint density at radius 3 is 2.47 bits per heavy atom. The molecule has 0 spiro atoms. The van der Waals surface area contributed by atoms with Crippen molar-refractivity contribution in [2.45, 2.75) is 20.0 Å². The van der Waals surface area contributed by atoms with Crippen LogP contribution in [-0.4, -0.2) is 27.5 Å². The maximum Gasteiger partial charge on any atom is 0.417 e. The molecule has 0 aliphatic heterocycles. The molecule has 4 aromatic rings. The monoisotopic (exact) mass is 504 g/mol. The van der Waals surface area contributed by atoms with Gasteiger partial charge in [0.1, 0.15) is 22.9 Å². The molecule has 0 aliphatic rings. The third kappa shape index (κ3) is 4.14. The minimum absolute atomic E-state index is 0.00750. The zero-order chi connectivity index (χ0) is 26.4. The number of para-hydroxylation sites is 1. The molecule has 0 aliphatic carbocycles. The van der Waals surface area contributed by atoms with Crippen molar-refractivity contribution in [3.05, 3.63) is 81.2 Å². The predicted molar refractivity (Wildman–Crippen MR) is 122 cm³/mol. The molecule has 2 aromatic heterocycles. The number of nitrogens with one attached hydrogen (secondary N) is 1. The summed E-state index contributed by atoms with van der Waals surface area (Å²) in [6.45, 7) is 2.92. The lowest BCUT2D eigenvalue weighted by molar-refractivity contribution is -0.137. The highest BCUT2D eigenvalue weighted by atomic mass is 19.4. The molecule has 0 atom stereocenters. The van der Waals surface area contributed by atoms with E-state index in [0.29, 0.717) is 5.69 Å². The van der Waals surface area contributed by atoms with Crippen LogP contribution < -0.4 is 15.6 Å². The molecule has 1 amide bonds. The fourth-order valence-electron chi connectivity index (χ4n) is 3.80. The molecule has 0 fully saturated rings. The fraction of sp³-hybridized carbons (Fsp3) is 0.208. The van der Waals surface area contributed by atoms with Crippen molar-refractivity contribution in [2.24, 2.45) is 7.05 Å². The number of halogens is 4. The van der Waals surface area contributed by atoms with E-state index in [1.807, 2.05) is 0 Å². The highest BCUT2D eigenvalue weighted by Gasteiger charge is 2.36. The number of methoxy groups -OCH3 is 1. The van der Waals surface area contributed by atoms with Crippen LogP contribution >= 0.6 is 0 Å². The number of hydrogen-bond acceptors (Lipinski definition) is 5. The van der Waals surface area contributed by atoms with Crippen molar-refractivity contribution in [1.82, 2.24) is 14.5 Å². The Morgan fingerprint density at radius 2 is 1.83 bits per heavy atom. The molecule has 188 valence electrons. The van der Waals surface area contributed by atoms with Gasteiger partial charge in [0.2, 0.25) is 0 Å². The highest BCUT2D eigenvalue weighted by molar-refractivity contribution is 6.04. The second kappa shape index (κ2) is 9.02. The number of ether oxygens (including phenoxy) is 1. The summed E-state index contributed by atoms with van der Waals surface area (Å²) in [4.78, 5) is 26.0. The number of carbonyl (C=O) groups excluding carboxylic acids is 1. The SMILES string of the molecule is COc1ccc(-c2onc(C(=O)Nc3c(C)n(C)n(-c4ccccc4F)c3=O)c2C)c(C(F)(F)F)c1. The third-order valence-electron chi connectivity index (χ3n) is 5.79. The van der Waals surface area contributed by atoms with E-state index in [4.69, 9.17) is 9.26 Å². The minimum Gasteiger partial charge on any atom is -0.497 e. The molecule has 0 radical (unpaired) electrons. The smallest absolute Gasteiger partial charge is 0.417 e. The summed E-state index contributed by atoms with van der Waals surface area (Å²) >= 11 is 0. The van der Waals surface area contributed by atoms with Crippen molar-refractivity contribution < 1.29 is 31.6 Å². The van der Waals surface area contributed by atoms with Gasteiger partial charge in [0, 0.05) is 18.2 Å². The largest absolute Gasteiger partial charge is 0.497 e. The molecule has 0 unspecified atom stereocenters. The molecular formula is C24H20F4N4O4. The van der Waals surface area contributed by atoms with Crippen LogP contribution in [0, 0.1) is 19.7 Å². The highest BCUT2D eigenvalue weighted by Crippen LogP contribution is 2.40. The van der Waals surface area contributed by atoms with Crippen LogP contribution in [0.15, 0.2) is 51.8 Å². The van der Waals surface area contributed by atoms with Crippen molar-refractivity contribution in [3.8, 4) is 22.8 Å². The first kappa shape index (κ1) is 24.8. The molecule has 1 N–H and O–H groups in total. The Labute approximate surface area is 201 Å². The third-order valence-corrected chi connectivity index (χ3v) is 5.79. The zero-order valence-corrected chi connectivity index (χ0v) is 19.5. The molecule has 0 saturated carbocycles. The van der Waals surface area contributed by atoms with Crippen LogP contribution in [0.25, 0.3) is 17.0 Å². The van der Waals surface area contributed by atoms with Crippen LogP contribution in [0.1, 0.15) is 27.3 Å². The topological polar surface area (TPSA) is 91.3 Å². The second-order valence-corrected chi connectivity index (χ2v) is 7.90. The number of carbonyl (C=O) groups is 1. The number of nitrogens with zero attached hydrogens (tertiary/aromatic N) is 3. The Bertz CT molecular complexity index is 1530. The number of aromatic nitrogens is 3. The fourth-order valence-corrected chi connectivity index (χ4v) is 3.80. The number of amides is 1. The van der Waals surface area contributed by atoms with Gasteiger partial charge in [-0.05, 0) is 44.2 Å². The zero-order valence-electron chi connectivity index (χ0n) is 19.5. The van der Waals surface area contributed by atoms with Gasteiger partial charge < -0.3 is 14.6 Å². The van der Waals surface area contributed by atoms with Gasteiger partial charge in [-0.2, -0.15) is 13.2 Å². The lowest BCUT2D eigenvalue weighted by atomic mass is 10.0. The lowest BCUT2D eigenvalue weighted by Gasteiger charge is -2.13. The minimum atomic E-state index is -4.73. The number of rotatable bonds is 5. The second-order valence-electron chi connectivity index (χ2n) is 7.90. The van der Waals surface area contributed by atoms with Crippen LogP contribution in [0.3, 0.4) is 0 Å². The number of hydrogen-bond donors (Lipinski definition) is 1. The maximum atomic E-state index is 14.3. The van der Waals surface area contributed by atoms with Gasteiger partial charge in [-0.1, -0.05) is 17.3 Å². The van der Waals surface area contributed by atoms with E-state index >= 15 is 0 Å². The van der Waals surface area contributed by atoms with E-state index < -0.39 is 29.0 Å². The van der Waals surface area contributed by atoms with E-state index in [1.165, 1.54) is 50.0 Å². The van der Waals surface area contributed by atoms with Crippen LogP contribution in [-0.2, 0) is 13.2 Å². The first-order valence-corrected chi connectivity index (χ1v) is 10.5. The molecule has 2 aromatic carbocycles. The number of benzene rings is 2. The summed E-state index contributed by atoms with van der Waals surface area (Å²) in [5, 5.41) is 6.09. The van der Waals surface area contributed by atoms with Gasteiger partial charge in [-0.15, -0.1) is 0 Å². The normalized spacial score (nSPS) is 11.6. The summed E-state index contributed by atoms with van der Waals surface area (Å²) < 4.78 is 67.8. The summed E-state index contributed by atoms with van der Waals surface area (Å²) in [6.07, 6.45) is -4.73. The first-order chi connectivity index (χ1) is 17.0. The lowest BCUT2D eigenvalue weighted by Crippen LogP contribution is -2.24. The average molecular weight is 504 g/mol. The van der Waals surface area contributed by atoms with E-state index in [9.17, 15) is 27.2 Å². The Hall–Kier alpha value is -4.35. The van der Waals surface area contributed by atoms with E-state index in [1.54, 1.807) is 13.0 Å². The molecule has 4 rings (SSSR count). The Kier molecular flexibility index (Phi) is 6.21. The Balaban J connectivity index is 1.73. The first-order valence-electron chi connectivity index (χ1n) is 10.5. The summed E-state index contributed by atoms with van der Waals surface area (Å²) in [5.41, 5.74) is -2.19. The standard InChI is InChI=1S/C24H20F4N4O4/c1-12-19(30-36-21(12)15-10-9-14(35-4)11-16(15)24(26,27)28)22(33)29-20-13(2)31(3)32(23(20)34)18-8-6-5-7-17(18)25/h5-11H,1-4H3,(H,29,33). The van der Waals surface area contributed by atoms with E-state index in [0.717, 1.165) is 16.8 Å². The predicted octanol–water partition coefficient (Wildman–Crippen LogP) is 4.87. The Morgan fingerprint density at radius 1 is 1.14 bits per heavy atom. The molecule has 0 bridgehead atoms. The van der Waals surface area contributed by atoms with Crippen molar-refractivity contribution in [1.29, 1.82) is 0 Å². The van der Waals surface area contributed by atoms with E-state index in [-0.39, 0.29) is 39.7 Å². The average Bonchev–Trinajstić information content (AvgIpc) is 3.31. The molecule has 8 nitrogen and oxygen atoms in total.